The largest absolute Gasteiger partial charge is 0.399 e. The molecule has 0 aliphatic carbocycles. The molecule has 0 spiro atoms. The van der Waals surface area contributed by atoms with E-state index < -0.39 is 0 Å². The van der Waals surface area contributed by atoms with Crippen LogP contribution < -0.4 is 11.1 Å². The minimum atomic E-state index is -0.191. The van der Waals surface area contributed by atoms with Crippen molar-refractivity contribution in [1.29, 1.82) is 0 Å². The highest BCUT2D eigenvalue weighted by Gasteiger charge is 2.12. The molecule has 0 aliphatic heterocycles. The molecule has 1 amide bonds. The Morgan fingerprint density at radius 2 is 2.05 bits per heavy atom. The molecule has 3 rings (SSSR count). The van der Waals surface area contributed by atoms with Crippen LogP contribution >= 0.6 is 11.6 Å². The summed E-state index contributed by atoms with van der Waals surface area (Å²) >= 11 is 5.89. The molecule has 4 N–H and O–H groups in total. The number of benzene rings is 2. The number of anilines is 2. The summed E-state index contributed by atoms with van der Waals surface area (Å²) in [5.41, 5.74) is 8.43. The molecule has 100 valence electrons. The third kappa shape index (κ3) is 2.33. The zero-order chi connectivity index (χ0) is 14.1. The van der Waals surface area contributed by atoms with Gasteiger partial charge in [0.1, 0.15) is 0 Å². The fourth-order valence-electron chi connectivity index (χ4n) is 2.10. The third-order valence-corrected chi connectivity index (χ3v) is 3.27. The second-order valence-electron chi connectivity index (χ2n) is 4.47. The topological polar surface area (TPSA) is 70.9 Å². The lowest BCUT2D eigenvalue weighted by molar-refractivity contribution is 0.102. The smallest absolute Gasteiger partial charge is 0.257 e. The zero-order valence-corrected chi connectivity index (χ0v) is 11.2. The predicted molar refractivity (Wildman–Crippen MR) is 82.1 cm³/mol. The van der Waals surface area contributed by atoms with Gasteiger partial charge in [0.2, 0.25) is 0 Å². The maximum atomic E-state index is 12.3. The quantitative estimate of drug-likeness (QED) is 0.629. The van der Waals surface area contributed by atoms with E-state index in [-0.39, 0.29) is 5.91 Å². The molecule has 2 aromatic carbocycles. The van der Waals surface area contributed by atoms with Crippen molar-refractivity contribution < 1.29 is 4.79 Å². The van der Waals surface area contributed by atoms with Gasteiger partial charge in [-0.25, -0.2) is 0 Å². The van der Waals surface area contributed by atoms with E-state index in [1.165, 1.54) is 0 Å². The number of nitrogens with two attached hydrogens (primary N) is 1. The lowest BCUT2D eigenvalue weighted by Crippen LogP contribution is -2.11. The first-order valence-electron chi connectivity index (χ1n) is 6.07. The Labute approximate surface area is 120 Å². The van der Waals surface area contributed by atoms with Crippen LogP contribution in [0, 0.1) is 0 Å². The molecule has 5 heteroatoms. The van der Waals surface area contributed by atoms with Gasteiger partial charge in [0, 0.05) is 33.5 Å². The van der Waals surface area contributed by atoms with Gasteiger partial charge in [-0.15, -0.1) is 0 Å². The van der Waals surface area contributed by atoms with Crippen LogP contribution in [-0.2, 0) is 0 Å². The van der Waals surface area contributed by atoms with Gasteiger partial charge in [0.25, 0.3) is 5.91 Å². The van der Waals surface area contributed by atoms with E-state index in [0.717, 1.165) is 10.9 Å². The van der Waals surface area contributed by atoms with Crippen molar-refractivity contribution in [2.24, 2.45) is 0 Å². The van der Waals surface area contributed by atoms with Gasteiger partial charge < -0.3 is 16.0 Å². The minimum absolute atomic E-state index is 0.191. The number of nitrogen functional groups attached to an aromatic ring is 1. The number of carbonyl (C=O) groups excluding carboxylic acids is 1. The first kappa shape index (κ1) is 12.6. The summed E-state index contributed by atoms with van der Waals surface area (Å²) in [7, 11) is 0. The maximum absolute atomic E-state index is 12.3. The van der Waals surface area contributed by atoms with Crippen molar-refractivity contribution in [3.63, 3.8) is 0 Å². The highest BCUT2D eigenvalue weighted by Crippen LogP contribution is 2.22. The molecule has 0 saturated heterocycles. The number of halogens is 1. The number of amides is 1. The molecule has 1 heterocycles. The molecule has 20 heavy (non-hydrogen) atoms. The molecular weight excluding hydrogens is 274 g/mol. The Balaban J connectivity index is 1.93. The van der Waals surface area contributed by atoms with E-state index in [4.69, 9.17) is 17.3 Å². The van der Waals surface area contributed by atoms with Crippen molar-refractivity contribution in [3.05, 3.63) is 59.2 Å². The number of fused-ring (bicyclic) bond motifs is 1. The number of hydrogen-bond acceptors (Lipinski definition) is 2. The lowest BCUT2D eigenvalue weighted by Gasteiger charge is -2.04. The number of carbonyl (C=O) groups is 1. The van der Waals surface area contributed by atoms with Crippen LogP contribution in [0.25, 0.3) is 10.9 Å². The number of aromatic amines is 1. The molecule has 0 saturated carbocycles. The minimum Gasteiger partial charge on any atom is -0.399 e. The molecule has 0 atom stereocenters. The summed E-state index contributed by atoms with van der Waals surface area (Å²) in [6.07, 6.45) is 1.67. The fourth-order valence-corrected chi connectivity index (χ4v) is 2.29. The first-order valence-corrected chi connectivity index (χ1v) is 6.45. The van der Waals surface area contributed by atoms with Crippen LogP contribution in [-0.4, -0.2) is 10.9 Å². The Bertz CT molecular complexity index is 795. The standard InChI is InChI=1S/C15H12ClN3O/c16-9-2-1-3-11(6-9)19-15(20)13-8-18-14-7-10(17)4-5-12(13)14/h1-8,18H,17H2,(H,19,20). The van der Waals surface area contributed by atoms with Crippen molar-refractivity contribution in [3.8, 4) is 0 Å². The SMILES string of the molecule is Nc1ccc2c(C(=O)Nc3cccc(Cl)c3)c[nH]c2c1. The van der Waals surface area contributed by atoms with Crippen LogP contribution in [0.3, 0.4) is 0 Å². The molecule has 0 bridgehead atoms. The maximum Gasteiger partial charge on any atom is 0.257 e. The van der Waals surface area contributed by atoms with Gasteiger partial charge >= 0.3 is 0 Å². The highest BCUT2D eigenvalue weighted by atomic mass is 35.5. The summed E-state index contributed by atoms with van der Waals surface area (Å²) in [6.45, 7) is 0. The third-order valence-electron chi connectivity index (χ3n) is 3.03. The Hall–Kier alpha value is -2.46. The summed E-state index contributed by atoms with van der Waals surface area (Å²) in [5, 5.41) is 4.23. The second kappa shape index (κ2) is 4.90. The summed E-state index contributed by atoms with van der Waals surface area (Å²) in [4.78, 5) is 15.3. The van der Waals surface area contributed by atoms with Gasteiger partial charge in [-0.2, -0.15) is 0 Å². The zero-order valence-electron chi connectivity index (χ0n) is 10.5. The number of nitrogens with one attached hydrogen (secondary N) is 2. The van der Waals surface area contributed by atoms with Crippen molar-refractivity contribution in [2.75, 3.05) is 11.1 Å². The molecule has 1 aromatic heterocycles. The number of aromatic nitrogens is 1. The summed E-state index contributed by atoms with van der Waals surface area (Å²) in [5.74, 6) is -0.191. The Morgan fingerprint density at radius 1 is 1.20 bits per heavy atom. The van der Waals surface area contributed by atoms with Gasteiger partial charge in [-0.1, -0.05) is 17.7 Å². The number of hydrogen-bond donors (Lipinski definition) is 3. The molecule has 0 radical (unpaired) electrons. The van der Waals surface area contributed by atoms with E-state index in [9.17, 15) is 4.79 Å². The average Bonchev–Trinajstić information content (AvgIpc) is 2.81. The second-order valence-corrected chi connectivity index (χ2v) is 4.91. The van der Waals surface area contributed by atoms with Gasteiger partial charge in [0.05, 0.1) is 5.56 Å². The van der Waals surface area contributed by atoms with E-state index in [2.05, 4.69) is 10.3 Å². The highest BCUT2D eigenvalue weighted by molar-refractivity contribution is 6.31. The predicted octanol–water partition coefficient (Wildman–Crippen LogP) is 3.66. The van der Waals surface area contributed by atoms with Crippen LogP contribution in [0.15, 0.2) is 48.7 Å². The Kier molecular flexibility index (Phi) is 3.08. The number of H-pyrrole nitrogens is 1. The van der Waals surface area contributed by atoms with E-state index >= 15 is 0 Å². The van der Waals surface area contributed by atoms with E-state index in [0.29, 0.717) is 22.0 Å². The molecule has 0 aliphatic rings. The molecule has 0 unspecified atom stereocenters. The van der Waals surface area contributed by atoms with Crippen LogP contribution in [0.1, 0.15) is 10.4 Å². The monoisotopic (exact) mass is 285 g/mol. The van der Waals surface area contributed by atoms with Crippen LogP contribution in [0.2, 0.25) is 5.02 Å². The van der Waals surface area contributed by atoms with Gasteiger partial charge in [-0.3, -0.25) is 4.79 Å². The van der Waals surface area contributed by atoms with Crippen molar-refractivity contribution in [1.82, 2.24) is 4.98 Å². The Morgan fingerprint density at radius 3 is 2.85 bits per heavy atom. The van der Waals surface area contributed by atoms with E-state index in [1.54, 1.807) is 42.6 Å². The molecular formula is C15H12ClN3O. The van der Waals surface area contributed by atoms with Crippen LogP contribution in [0.5, 0.6) is 0 Å². The molecule has 4 nitrogen and oxygen atoms in total. The van der Waals surface area contributed by atoms with E-state index in [1.807, 2.05) is 6.07 Å². The fraction of sp³-hybridized carbons (Fsp3) is 0. The molecule has 3 aromatic rings. The van der Waals surface area contributed by atoms with Crippen LogP contribution in [0.4, 0.5) is 11.4 Å². The average molecular weight is 286 g/mol. The summed E-state index contributed by atoms with van der Waals surface area (Å²) in [6, 6.07) is 12.4. The summed E-state index contributed by atoms with van der Waals surface area (Å²) < 4.78 is 0. The van der Waals surface area contributed by atoms with Crippen molar-refractivity contribution in [2.45, 2.75) is 0 Å². The van der Waals surface area contributed by atoms with Gasteiger partial charge in [-0.05, 0) is 36.4 Å². The van der Waals surface area contributed by atoms with Gasteiger partial charge in [0.15, 0.2) is 0 Å². The normalized spacial score (nSPS) is 10.7. The van der Waals surface area contributed by atoms with Crippen molar-refractivity contribution >= 4 is 39.8 Å². The molecule has 0 fully saturated rings. The first-order chi connectivity index (χ1) is 9.63. The number of rotatable bonds is 2. The lowest BCUT2D eigenvalue weighted by atomic mass is 10.1.